The van der Waals surface area contributed by atoms with Gasteiger partial charge in [0.2, 0.25) is 11.8 Å². The van der Waals surface area contributed by atoms with Crippen molar-refractivity contribution in [3.63, 3.8) is 0 Å². The molecule has 0 bridgehead atoms. The standard InChI is InChI=1S/C15H19BrN2O2/c1-3-17-14(19)9(2)18-15(20)13-8-12(13)10-4-6-11(16)7-5-10/h4-7,9,12-13H,3,8H2,1-2H3,(H,17,19)(H,18,20). The van der Waals surface area contributed by atoms with Crippen molar-refractivity contribution in [1.82, 2.24) is 10.6 Å². The predicted molar refractivity (Wildman–Crippen MR) is 81.3 cm³/mol. The van der Waals surface area contributed by atoms with Crippen molar-refractivity contribution in [3.8, 4) is 0 Å². The molecule has 1 saturated carbocycles. The molecule has 2 amide bonds. The molecule has 20 heavy (non-hydrogen) atoms. The van der Waals surface area contributed by atoms with Crippen LogP contribution in [0.2, 0.25) is 0 Å². The van der Waals surface area contributed by atoms with E-state index in [0.29, 0.717) is 6.54 Å². The van der Waals surface area contributed by atoms with Crippen LogP contribution >= 0.6 is 15.9 Å². The lowest BCUT2D eigenvalue weighted by Crippen LogP contribution is -2.45. The minimum absolute atomic E-state index is 0.00643. The summed E-state index contributed by atoms with van der Waals surface area (Å²) < 4.78 is 1.03. The van der Waals surface area contributed by atoms with Gasteiger partial charge in [-0.3, -0.25) is 9.59 Å². The van der Waals surface area contributed by atoms with E-state index in [1.807, 2.05) is 31.2 Å². The third kappa shape index (κ3) is 3.60. The Hall–Kier alpha value is -1.36. The molecular weight excluding hydrogens is 320 g/mol. The number of benzene rings is 1. The van der Waals surface area contributed by atoms with Crippen molar-refractivity contribution < 1.29 is 9.59 Å². The van der Waals surface area contributed by atoms with E-state index in [0.717, 1.165) is 10.9 Å². The first-order chi connectivity index (χ1) is 9.52. The zero-order chi connectivity index (χ0) is 14.7. The number of likely N-dealkylation sites (N-methyl/N-ethyl adjacent to an activating group) is 1. The SMILES string of the molecule is CCNC(=O)C(C)NC(=O)C1CC1c1ccc(Br)cc1. The maximum atomic E-state index is 12.1. The lowest BCUT2D eigenvalue weighted by molar-refractivity contribution is -0.129. The summed E-state index contributed by atoms with van der Waals surface area (Å²) in [6, 6.07) is 7.57. The van der Waals surface area contributed by atoms with Crippen LogP contribution in [0.5, 0.6) is 0 Å². The van der Waals surface area contributed by atoms with Gasteiger partial charge in [-0.05, 0) is 43.9 Å². The largest absolute Gasteiger partial charge is 0.355 e. The molecule has 0 heterocycles. The van der Waals surface area contributed by atoms with Crippen LogP contribution in [-0.4, -0.2) is 24.4 Å². The van der Waals surface area contributed by atoms with Gasteiger partial charge < -0.3 is 10.6 Å². The number of hydrogen-bond acceptors (Lipinski definition) is 2. The highest BCUT2D eigenvalue weighted by molar-refractivity contribution is 9.10. The first-order valence-electron chi connectivity index (χ1n) is 6.86. The smallest absolute Gasteiger partial charge is 0.242 e. The predicted octanol–water partition coefficient (Wildman–Crippen LogP) is 2.19. The molecule has 0 aliphatic heterocycles. The first kappa shape index (κ1) is 15.0. The molecule has 3 unspecified atom stereocenters. The quantitative estimate of drug-likeness (QED) is 0.864. The molecule has 1 aromatic rings. The van der Waals surface area contributed by atoms with E-state index in [1.54, 1.807) is 6.92 Å². The molecule has 1 fully saturated rings. The second kappa shape index (κ2) is 6.39. The molecule has 1 aromatic carbocycles. The molecule has 1 aliphatic rings. The second-order valence-corrected chi connectivity index (χ2v) is 6.04. The van der Waals surface area contributed by atoms with Crippen LogP contribution in [-0.2, 0) is 9.59 Å². The Labute approximate surface area is 127 Å². The summed E-state index contributed by atoms with van der Waals surface area (Å²) in [6.07, 6.45) is 0.857. The summed E-state index contributed by atoms with van der Waals surface area (Å²) in [5.74, 6) is 0.107. The molecule has 4 nitrogen and oxygen atoms in total. The van der Waals surface area contributed by atoms with Crippen molar-refractivity contribution in [2.24, 2.45) is 5.92 Å². The Balaban J connectivity index is 1.87. The lowest BCUT2D eigenvalue weighted by Gasteiger charge is -2.13. The number of carbonyl (C=O) groups is 2. The molecule has 1 aliphatic carbocycles. The fraction of sp³-hybridized carbons (Fsp3) is 0.467. The normalized spacial score (nSPS) is 21.9. The van der Waals surface area contributed by atoms with Crippen LogP contribution in [0.3, 0.4) is 0 Å². The highest BCUT2D eigenvalue weighted by Gasteiger charge is 2.44. The second-order valence-electron chi connectivity index (χ2n) is 5.13. The lowest BCUT2D eigenvalue weighted by atomic mass is 10.1. The van der Waals surface area contributed by atoms with Gasteiger partial charge in [-0.15, -0.1) is 0 Å². The molecule has 108 valence electrons. The third-order valence-corrected chi connectivity index (χ3v) is 4.06. The maximum Gasteiger partial charge on any atom is 0.242 e. The summed E-state index contributed by atoms with van der Waals surface area (Å²) in [4.78, 5) is 23.7. The molecule has 3 atom stereocenters. The van der Waals surface area contributed by atoms with E-state index >= 15 is 0 Å². The molecular formula is C15H19BrN2O2. The summed E-state index contributed by atoms with van der Waals surface area (Å²) >= 11 is 3.40. The van der Waals surface area contributed by atoms with E-state index in [4.69, 9.17) is 0 Å². The highest BCUT2D eigenvalue weighted by Crippen LogP contribution is 2.47. The number of nitrogens with one attached hydrogen (secondary N) is 2. The Morgan fingerprint density at radius 2 is 2.00 bits per heavy atom. The zero-order valence-corrected chi connectivity index (χ0v) is 13.2. The summed E-state index contributed by atoms with van der Waals surface area (Å²) in [6.45, 7) is 4.14. The Morgan fingerprint density at radius 1 is 1.35 bits per heavy atom. The third-order valence-electron chi connectivity index (χ3n) is 3.53. The Bertz CT molecular complexity index is 501. The fourth-order valence-electron chi connectivity index (χ4n) is 2.28. The van der Waals surface area contributed by atoms with Gasteiger partial charge in [-0.2, -0.15) is 0 Å². The van der Waals surface area contributed by atoms with E-state index in [2.05, 4.69) is 26.6 Å². The number of amides is 2. The van der Waals surface area contributed by atoms with Crippen LogP contribution in [0, 0.1) is 5.92 Å². The number of hydrogen-bond donors (Lipinski definition) is 2. The summed E-state index contributed by atoms with van der Waals surface area (Å²) in [7, 11) is 0. The monoisotopic (exact) mass is 338 g/mol. The fourth-order valence-corrected chi connectivity index (χ4v) is 2.54. The zero-order valence-electron chi connectivity index (χ0n) is 11.7. The van der Waals surface area contributed by atoms with E-state index in [9.17, 15) is 9.59 Å². The highest BCUT2D eigenvalue weighted by atomic mass is 79.9. The van der Waals surface area contributed by atoms with E-state index in [-0.39, 0.29) is 23.7 Å². The minimum Gasteiger partial charge on any atom is -0.355 e. The van der Waals surface area contributed by atoms with Gasteiger partial charge in [0.1, 0.15) is 6.04 Å². The van der Waals surface area contributed by atoms with Crippen LogP contribution in [0.4, 0.5) is 0 Å². The molecule has 2 N–H and O–H groups in total. The Morgan fingerprint density at radius 3 is 2.60 bits per heavy atom. The van der Waals surface area contributed by atoms with E-state index < -0.39 is 6.04 Å². The Kier molecular flexibility index (Phi) is 4.81. The van der Waals surface area contributed by atoms with Gasteiger partial charge in [0.25, 0.3) is 0 Å². The van der Waals surface area contributed by atoms with Crippen molar-refractivity contribution in [1.29, 1.82) is 0 Å². The minimum atomic E-state index is -0.478. The first-order valence-corrected chi connectivity index (χ1v) is 7.65. The van der Waals surface area contributed by atoms with Crippen molar-refractivity contribution in [2.75, 3.05) is 6.54 Å². The van der Waals surface area contributed by atoms with Crippen LogP contribution in [0.1, 0.15) is 31.7 Å². The topological polar surface area (TPSA) is 58.2 Å². The van der Waals surface area contributed by atoms with Gasteiger partial charge in [-0.1, -0.05) is 28.1 Å². The molecule has 0 aromatic heterocycles. The van der Waals surface area contributed by atoms with Crippen molar-refractivity contribution >= 4 is 27.7 Å². The molecule has 0 spiro atoms. The number of halogens is 1. The maximum absolute atomic E-state index is 12.1. The molecule has 2 rings (SSSR count). The number of rotatable bonds is 5. The molecule has 0 radical (unpaired) electrons. The van der Waals surface area contributed by atoms with Gasteiger partial charge in [0.05, 0.1) is 0 Å². The van der Waals surface area contributed by atoms with Crippen molar-refractivity contribution in [2.45, 2.75) is 32.2 Å². The van der Waals surface area contributed by atoms with Gasteiger partial charge in [0, 0.05) is 16.9 Å². The van der Waals surface area contributed by atoms with Crippen LogP contribution in [0.15, 0.2) is 28.7 Å². The average molecular weight is 339 g/mol. The van der Waals surface area contributed by atoms with Crippen LogP contribution in [0.25, 0.3) is 0 Å². The molecule has 5 heteroatoms. The van der Waals surface area contributed by atoms with E-state index in [1.165, 1.54) is 5.56 Å². The molecule has 0 saturated heterocycles. The summed E-state index contributed by atoms with van der Waals surface area (Å²) in [5, 5.41) is 5.48. The average Bonchev–Trinajstić information content (AvgIpc) is 3.20. The van der Waals surface area contributed by atoms with Crippen molar-refractivity contribution in [3.05, 3.63) is 34.3 Å². The van der Waals surface area contributed by atoms with Gasteiger partial charge >= 0.3 is 0 Å². The van der Waals surface area contributed by atoms with Crippen LogP contribution < -0.4 is 10.6 Å². The number of carbonyl (C=O) groups excluding carboxylic acids is 2. The van der Waals surface area contributed by atoms with Gasteiger partial charge in [-0.25, -0.2) is 0 Å². The van der Waals surface area contributed by atoms with Gasteiger partial charge in [0.15, 0.2) is 0 Å². The summed E-state index contributed by atoms with van der Waals surface area (Å²) in [5.41, 5.74) is 1.18.